The molecule has 0 fully saturated rings. The third kappa shape index (κ3) is 5.73. The van der Waals surface area contributed by atoms with Crippen LogP contribution >= 0.6 is 11.6 Å². The molecule has 1 aromatic carbocycles. The smallest absolute Gasteiger partial charge is 0.222 e. The van der Waals surface area contributed by atoms with Crippen LogP contribution in [0.4, 0.5) is 0 Å². The second kappa shape index (κ2) is 8.13. The Morgan fingerprint density at radius 1 is 1.24 bits per heavy atom. The van der Waals surface area contributed by atoms with E-state index in [0.29, 0.717) is 12.3 Å². The Morgan fingerprint density at radius 3 is 2.59 bits per heavy atom. The lowest BCUT2D eigenvalue weighted by Crippen LogP contribution is -2.27. The maximum Gasteiger partial charge on any atom is 0.222 e. The topological polar surface area (TPSA) is 20.3 Å². The average Bonchev–Trinajstić information content (AvgIpc) is 2.37. The zero-order chi connectivity index (χ0) is 12.5. The maximum atomic E-state index is 11.6. The van der Waals surface area contributed by atoms with Crippen LogP contribution in [0, 0.1) is 0 Å². The fourth-order valence-corrected chi connectivity index (χ4v) is 1.83. The summed E-state index contributed by atoms with van der Waals surface area (Å²) in [6, 6.07) is 10.4. The SMILES string of the molecule is CN(CCCc1ccccc1)C(=O)CCCCl. The molecule has 1 aromatic rings. The largest absolute Gasteiger partial charge is 0.346 e. The maximum absolute atomic E-state index is 11.6. The fourth-order valence-electron chi connectivity index (χ4n) is 1.70. The monoisotopic (exact) mass is 253 g/mol. The minimum Gasteiger partial charge on any atom is -0.346 e. The summed E-state index contributed by atoms with van der Waals surface area (Å²) >= 11 is 5.56. The van der Waals surface area contributed by atoms with Crippen molar-refractivity contribution in [2.75, 3.05) is 19.5 Å². The second-order valence-electron chi connectivity index (χ2n) is 4.20. The van der Waals surface area contributed by atoms with Crippen LogP contribution in [-0.4, -0.2) is 30.3 Å². The molecule has 0 saturated heterocycles. The van der Waals surface area contributed by atoms with Crippen molar-refractivity contribution in [1.29, 1.82) is 0 Å². The number of hydrogen-bond donors (Lipinski definition) is 0. The van der Waals surface area contributed by atoms with Crippen LogP contribution < -0.4 is 0 Å². The number of amides is 1. The van der Waals surface area contributed by atoms with Crippen LogP contribution in [-0.2, 0) is 11.2 Å². The van der Waals surface area contributed by atoms with Gasteiger partial charge in [-0.15, -0.1) is 11.6 Å². The van der Waals surface area contributed by atoms with Crippen molar-refractivity contribution in [3.8, 4) is 0 Å². The molecule has 0 bridgehead atoms. The highest BCUT2D eigenvalue weighted by molar-refractivity contribution is 6.17. The Balaban J connectivity index is 2.20. The van der Waals surface area contributed by atoms with Crippen LogP contribution in [0.1, 0.15) is 24.8 Å². The standard InChI is InChI=1S/C14H20ClNO/c1-16(14(17)10-5-11-15)12-6-9-13-7-3-2-4-8-13/h2-4,7-8H,5-6,9-12H2,1H3. The summed E-state index contributed by atoms with van der Waals surface area (Å²) in [7, 11) is 1.86. The van der Waals surface area contributed by atoms with E-state index in [0.717, 1.165) is 25.8 Å². The Labute approximate surface area is 109 Å². The van der Waals surface area contributed by atoms with Crippen molar-refractivity contribution in [2.24, 2.45) is 0 Å². The summed E-state index contributed by atoms with van der Waals surface area (Å²) in [5.74, 6) is 0.752. The molecular formula is C14H20ClNO. The number of aryl methyl sites for hydroxylation is 1. The molecule has 0 aliphatic heterocycles. The Morgan fingerprint density at radius 2 is 1.94 bits per heavy atom. The first-order valence-corrected chi connectivity index (χ1v) is 6.61. The van der Waals surface area contributed by atoms with Crippen LogP contribution in [0.2, 0.25) is 0 Å². The van der Waals surface area contributed by atoms with E-state index in [1.807, 2.05) is 25.2 Å². The number of carbonyl (C=O) groups excluding carboxylic acids is 1. The summed E-state index contributed by atoms with van der Waals surface area (Å²) in [6.45, 7) is 0.815. The lowest BCUT2D eigenvalue weighted by Gasteiger charge is -2.16. The van der Waals surface area contributed by atoms with Crippen molar-refractivity contribution >= 4 is 17.5 Å². The molecule has 0 heterocycles. The van der Waals surface area contributed by atoms with Crippen LogP contribution in [0.5, 0.6) is 0 Å². The van der Waals surface area contributed by atoms with Crippen molar-refractivity contribution in [3.05, 3.63) is 35.9 Å². The number of carbonyl (C=O) groups is 1. The Bertz CT molecular complexity index is 326. The zero-order valence-corrected chi connectivity index (χ0v) is 11.1. The molecule has 0 spiro atoms. The Kier molecular flexibility index (Phi) is 6.71. The number of halogens is 1. The normalized spacial score (nSPS) is 10.2. The van der Waals surface area contributed by atoms with Crippen molar-refractivity contribution in [3.63, 3.8) is 0 Å². The molecule has 0 aliphatic carbocycles. The van der Waals surface area contributed by atoms with Gasteiger partial charge in [0.05, 0.1) is 0 Å². The minimum absolute atomic E-state index is 0.193. The van der Waals surface area contributed by atoms with E-state index < -0.39 is 0 Å². The lowest BCUT2D eigenvalue weighted by molar-refractivity contribution is -0.129. The molecule has 1 amide bonds. The highest BCUT2D eigenvalue weighted by Crippen LogP contribution is 2.04. The highest BCUT2D eigenvalue weighted by atomic mass is 35.5. The van der Waals surface area contributed by atoms with Gasteiger partial charge in [-0.25, -0.2) is 0 Å². The van der Waals surface area contributed by atoms with E-state index in [2.05, 4.69) is 12.1 Å². The van der Waals surface area contributed by atoms with E-state index in [1.54, 1.807) is 4.90 Å². The summed E-state index contributed by atoms with van der Waals surface area (Å²) in [5.41, 5.74) is 1.33. The first-order valence-electron chi connectivity index (χ1n) is 6.08. The van der Waals surface area contributed by atoms with Gasteiger partial charge in [0, 0.05) is 25.9 Å². The van der Waals surface area contributed by atoms with Gasteiger partial charge >= 0.3 is 0 Å². The van der Waals surface area contributed by atoms with Gasteiger partial charge in [-0.1, -0.05) is 30.3 Å². The van der Waals surface area contributed by atoms with Crippen LogP contribution in [0.15, 0.2) is 30.3 Å². The number of benzene rings is 1. The summed E-state index contributed by atoms with van der Waals surface area (Å²) in [4.78, 5) is 13.4. The van der Waals surface area contributed by atoms with Crippen LogP contribution in [0.3, 0.4) is 0 Å². The molecule has 17 heavy (non-hydrogen) atoms. The van der Waals surface area contributed by atoms with Crippen molar-refractivity contribution < 1.29 is 4.79 Å². The molecule has 0 radical (unpaired) electrons. The van der Waals surface area contributed by atoms with Gasteiger partial charge in [0.25, 0.3) is 0 Å². The van der Waals surface area contributed by atoms with Gasteiger partial charge in [0.15, 0.2) is 0 Å². The molecule has 0 saturated carbocycles. The number of nitrogens with zero attached hydrogens (tertiary/aromatic N) is 1. The predicted molar refractivity (Wildman–Crippen MR) is 72.4 cm³/mol. The first kappa shape index (κ1) is 14.0. The molecule has 1 rings (SSSR count). The molecule has 0 aliphatic rings. The van der Waals surface area contributed by atoms with Gasteiger partial charge in [0.1, 0.15) is 0 Å². The highest BCUT2D eigenvalue weighted by Gasteiger charge is 2.07. The molecule has 2 nitrogen and oxygen atoms in total. The number of alkyl halides is 1. The average molecular weight is 254 g/mol. The summed E-state index contributed by atoms with van der Waals surface area (Å²) < 4.78 is 0. The van der Waals surface area contributed by atoms with Gasteiger partial charge in [-0.05, 0) is 24.8 Å². The van der Waals surface area contributed by atoms with Gasteiger partial charge in [0.2, 0.25) is 5.91 Å². The molecule has 0 aromatic heterocycles. The van der Waals surface area contributed by atoms with E-state index in [-0.39, 0.29) is 5.91 Å². The predicted octanol–water partition coefficient (Wildman–Crippen LogP) is 3.10. The first-order chi connectivity index (χ1) is 8.24. The molecular weight excluding hydrogens is 234 g/mol. The summed E-state index contributed by atoms with van der Waals surface area (Å²) in [6.07, 6.45) is 3.36. The molecule has 0 N–H and O–H groups in total. The fraction of sp³-hybridized carbons (Fsp3) is 0.500. The number of rotatable bonds is 7. The molecule has 0 unspecified atom stereocenters. The molecule has 0 atom stereocenters. The zero-order valence-electron chi connectivity index (χ0n) is 10.4. The third-order valence-electron chi connectivity index (χ3n) is 2.75. The third-order valence-corrected chi connectivity index (χ3v) is 3.02. The molecule has 3 heteroatoms. The van der Waals surface area contributed by atoms with Gasteiger partial charge < -0.3 is 4.90 Å². The molecule has 94 valence electrons. The quantitative estimate of drug-likeness (QED) is 0.684. The lowest BCUT2D eigenvalue weighted by atomic mass is 10.1. The van der Waals surface area contributed by atoms with Gasteiger partial charge in [-0.3, -0.25) is 4.79 Å². The number of hydrogen-bond acceptors (Lipinski definition) is 1. The van der Waals surface area contributed by atoms with E-state index in [1.165, 1.54) is 5.56 Å². The van der Waals surface area contributed by atoms with E-state index in [9.17, 15) is 4.79 Å². The van der Waals surface area contributed by atoms with E-state index in [4.69, 9.17) is 11.6 Å². The van der Waals surface area contributed by atoms with Gasteiger partial charge in [-0.2, -0.15) is 0 Å². The Hall–Kier alpha value is -1.02. The second-order valence-corrected chi connectivity index (χ2v) is 4.57. The van der Waals surface area contributed by atoms with Crippen LogP contribution in [0.25, 0.3) is 0 Å². The minimum atomic E-state index is 0.193. The van der Waals surface area contributed by atoms with Crippen molar-refractivity contribution in [1.82, 2.24) is 4.90 Å². The van der Waals surface area contributed by atoms with E-state index >= 15 is 0 Å². The van der Waals surface area contributed by atoms with Crippen molar-refractivity contribution in [2.45, 2.75) is 25.7 Å². The summed E-state index contributed by atoms with van der Waals surface area (Å²) in [5, 5.41) is 0.